The molecule has 0 spiro atoms. The first-order valence-electron chi connectivity index (χ1n) is 5.58. The highest BCUT2D eigenvalue weighted by molar-refractivity contribution is 5.19. The molecule has 0 aliphatic carbocycles. The van der Waals surface area contributed by atoms with Gasteiger partial charge in [0.25, 0.3) is 0 Å². The van der Waals surface area contributed by atoms with E-state index in [9.17, 15) is 0 Å². The molecule has 0 saturated carbocycles. The van der Waals surface area contributed by atoms with E-state index in [0.717, 1.165) is 18.0 Å². The van der Waals surface area contributed by atoms with Gasteiger partial charge in [0.15, 0.2) is 0 Å². The Kier molecular flexibility index (Phi) is 3.21. The van der Waals surface area contributed by atoms with Gasteiger partial charge in [0.2, 0.25) is 0 Å². The number of hydrogen-bond acceptors (Lipinski definition) is 3. The number of aryl methyl sites for hydroxylation is 1. The number of nitrogens with zero attached hydrogens (tertiary/aromatic N) is 1. The molecule has 1 aliphatic rings. The molecule has 3 heteroatoms. The van der Waals surface area contributed by atoms with Crippen molar-refractivity contribution in [2.24, 2.45) is 0 Å². The van der Waals surface area contributed by atoms with Crippen molar-refractivity contribution in [3.05, 3.63) is 24.0 Å². The van der Waals surface area contributed by atoms with Crippen molar-refractivity contribution >= 4 is 0 Å². The molecule has 0 bridgehead atoms. The third-order valence-electron chi connectivity index (χ3n) is 2.87. The van der Waals surface area contributed by atoms with Gasteiger partial charge in [-0.1, -0.05) is 0 Å². The first-order chi connectivity index (χ1) is 7.25. The van der Waals surface area contributed by atoms with Crippen LogP contribution >= 0.6 is 0 Å². The topological polar surface area (TPSA) is 34.1 Å². The lowest BCUT2D eigenvalue weighted by Gasteiger charge is -2.20. The third kappa shape index (κ3) is 2.69. The van der Waals surface area contributed by atoms with E-state index >= 15 is 0 Å². The lowest BCUT2D eigenvalue weighted by Crippen LogP contribution is -2.36. The van der Waals surface area contributed by atoms with E-state index in [-0.39, 0.29) is 6.10 Å². The molecule has 1 aromatic rings. The standard InChI is InChI=1S/C12H18N2O/c1-9-5-6-11(8-14-9)15-10(2)12-4-3-7-13-12/h5-6,8,10,12-13H,3-4,7H2,1-2H3. The van der Waals surface area contributed by atoms with Gasteiger partial charge in [0.05, 0.1) is 6.20 Å². The van der Waals surface area contributed by atoms with Gasteiger partial charge in [-0.2, -0.15) is 0 Å². The summed E-state index contributed by atoms with van der Waals surface area (Å²) < 4.78 is 5.83. The summed E-state index contributed by atoms with van der Waals surface area (Å²) >= 11 is 0. The molecule has 0 amide bonds. The number of nitrogens with one attached hydrogen (secondary N) is 1. The van der Waals surface area contributed by atoms with Crippen LogP contribution in [0.1, 0.15) is 25.5 Å². The van der Waals surface area contributed by atoms with Crippen molar-refractivity contribution in [2.75, 3.05) is 6.54 Å². The predicted octanol–water partition coefficient (Wildman–Crippen LogP) is 1.91. The van der Waals surface area contributed by atoms with Crippen LogP contribution in [-0.4, -0.2) is 23.7 Å². The maximum absolute atomic E-state index is 5.83. The Morgan fingerprint density at radius 3 is 3.00 bits per heavy atom. The van der Waals surface area contributed by atoms with Crippen LogP contribution in [0.5, 0.6) is 5.75 Å². The molecule has 3 nitrogen and oxygen atoms in total. The first kappa shape index (κ1) is 10.4. The highest BCUT2D eigenvalue weighted by Gasteiger charge is 2.22. The number of aromatic nitrogens is 1. The highest BCUT2D eigenvalue weighted by Crippen LogP contribution is 2.16. The SMILES string of the molecule is Cc1ccc(OC(C)C2CCCN2)cn1. The smallest absolute Gasteiger partial charge is 0.138 e. The summed E-state index contributed by atoms with van der Waals surface area (Å²) in [6.45, 7) is 5.21. The fraction of sp³-hybridized carbons (Fsp3) is 0.583. The molecule has 15 heavy (non-hydrogen) atoms. The van der Waals surface area contributed by atoms with Crippen molar-refractivity contribution in [2.45, 2.75) is 38.8 Å². The fourth-order valence-electron chi connectivity index (χ4n) is 1.93. The highest BCUT2D eigenvalue weighted by atomic mass is 16.5. The van der Waals surface area contributed by atoms with Crippen LogP contribution in [0.25, 0.3) is 0 Å². The van der Waals surface area contributed by atoms with Gasteiger partial charge < -0.3 is 10.1 Å². The molecule has 0 radical (unpaired) electrons. The Morgan fingerprint density at radius 1 is 1.53 bits per heavy atom. The summed E-state index contributed by atoms with van der Waals surface area (Å²) in [6.07, 6.45) is 4.48. The Bertz CT molecular complexity index is 304. The zero-order valence-corrected chi connectivity index (χ0v) is 9.36. The Hall–Kier alpha value is -1.09. The van der Waals surface area contributed by atoms with Crippen molar-refractivity contribution < 1.29 is 4.74 Å². The average molecular weight is 206 g/mol. The number of rotatable bonds is 3. The Balaban J connectivity index is 1.92. The largest absolute Gasteiger partial charge is 0.487 e. The van der Waals surface area contributed by atoms with Gasteiger partial charge in [0, 0.05) is 11.7 Å². The fourth-order valence-corrected chi connectivity index (χ4v) is 1.93. The van der Waals surface area contributed by atoms with Crippen LogP contribution in [0.2, 0.25) is 0 Å². The summed E-state index contributed by atoms with van der Waals surface area (Å²) in [5.41, 5.74) is 1.02. The average Bonchev–Trinajstić information content (AvgIpc) is 2.74. The molecule has 1 fully saturated rings. The van der Waals surface area contributed by atoms with Crippen molar-refractivity contribution in [3.8, 4) is 5.75 Å². The zero-order chi connectivity index (χ0) is 10.7. The molecule has 2 atom stereocenters. The van der Waals surface area contributed by atoms with Crippen LogP contribution in [0.15, 0.2) is 18.3 Å². The summed E-state index contributed by atoms with van der Waals surface area (Å²) in [4.78, 5) is 4.21. The van der Waals surface area contributed by atoms with Crippen molar-refractivity contribution in [1.29, 1.82) is 0 Å². The van der Waals surface area contributed by atoms with Crippen molar-refractivity contribution in [1.82, 2.24) is 10.3 Å². The van der Waals surface area contributed by atoms with E-state index in [2.05, 4.69) is 17.2 Å². The maximum Gasteiger partial charge on any atom is 0.138 e. The summed E-state index contributed by atoms with van der Waals surface area (Å²) in [5.74, 6) is 0.863. The summed E-state index contributed by atoms with van der Waals surface area (Å²) in [6, 6.07) is 4.45. The molecule has 1 N–H and O–H groups in total. The minimum Gasteiger partial charge on any atom is -0.487 e. The first-order valence-corrected chi connectivity index (χ1v) is 5.58. The van der Waals surface area contributed by atoms with E-state index in [1.807, 2.05) is 19.1 Å². The minimum atomic E-state index is 0.219. The number of hydrogen-bond donors (Lipinski definition) is 1. The second-order valence-corrected chi connectivity index (χ2v) is 4.16. The lowest BCUT2D eigenvalue weighted by atomic mass is 10.1. The van der Waals surface area contributed by atoms with E-state index in [1.165, 1.54) is 12.8 Å². The molecule has 1 saturated heterocycles. The summed E-state index contributed by atoms with van der Waals surface area (Å²) in [5, 5.41) is 3.44. The molecule has 1 aliphatic heterocycles. The Morgan fingerprint density at radius 2 is 2.40 bits per heavy atom. The monoisotopic (exact) mass is 206 g/mol. The molecule has 1 aromatic heterocycles. The van der Waals surface area contributed by atoms with E-state index in [4.69, 9.17) is 4.74 Å². The summed E-state index contributed by atoms with van der Waals surface area (Å²) in [7, 11) is 0. The molecular formula is C12H18N2O. The minimum absolute atomic E-state index is 0.219. The number of pyridine rings is 1. The second kappa shape index (κ2) is 4.62. The molecular weight excluding hydrogens is 188 g/mol. The normalized spacial score (nSPS) is 22.7. The van der Waals surface area contributed by atoms with E-state index in [0.29, 0.717) is 6.04 Å². The van der Waals surface area contributed by atoms with Gasteiger partial charge in [-0.25, -0.2) is 0 Å². The van der Waals surface area contributed by atoms with Crippen molar-refractivity contribution in [3.63, 3.8) is 0 Å². The molecule has 2 heterocycles. The van der Waals surface area contributed by atoms with Gasteiger partial charge in [-0.15, -0.1) is 0 Å². The van der Waals surface area contributed by atoms with Gasteiger partial charge in [-0.3, -0.25) is 4.98 Å². The van der Waals surface area contributed by atoms with Gasteiger partial charge >= 0.3 is 0 Å². The van der Waals surface area contributed by atoms with Crippen LogP contribution in [0.4, 0.5) is 0 Å². The van der Waals surface area contributed by atoms with Crippen LogP contribution in [0, 0.1) is 6.92 Å². The van der Waals surface area contributed by atoms with E-state index < -0.39 is 0 Å². The molecule has 2 rings (SSSR count). The zero-order valence-electron chi connectivity index (χ0n) is 9.36. The molecule has 82 valence electrons. The lowest BCUT2D eigenvalue weighted by molar-refractivity contribution is 0.179. The van der Waals surface area contributed by atoms with Crippen LogP contribution < -0.4 is 10.1 Å². The van der Waals surface area contributed by atoms with Gasteiger partial charge in [-0.05, 0) is 45.4 Å². The predicted molar refractivity (Wildman–Crippen MR) is 60.1 cm³/mol. The third-order valence-corrected chi connectivity index (χ3v) is 2.87. The molecule has 0 aromatic carbocycles. The van der Waals surface area contributed by atoms with Crippen LogP contribution in [-0.2, 0) is 0 Å². The number of ether oxygens (including phenoxy) is 1. The molecule has 2 unspecified atom stereocenters. The maximum atomic E-state index is 5.83. The Labute approximate surface area is 90.9 Å². The van der Waals surface area contributed by atoms with Gasteiger partial charge in [0.1, 0.15) is 11.9 Å². The quantitative estimate of drug-likeness (QED) is 0.820. The second-order valence-electron chi connectivity index (χ2n) is 4.16. The van der Waals surface area contributed by atoms with Crippen LogP contribution in [0.3, 0.4) is 0 Å². The van der Waals surface area contributed by atoms with E-state index in [1.54, 1.807) is 6.20 Å².